The molecule has 3 N–H and O–H groups in total. The molecule has 0 saturated heterocycles. The van der Waals surface area contributed by atoms with E-state index in [1.165, 1.54) is 0 Å². The number of aromatic amines is 2. The van der Waals surface area contributed by atoms with Gasteiger partial charge in [-0.25, -0.2) is 13.2 Å². The zero-order valence-electron chi connectivity index (χ0n) is 9.58. The van der Waals surface area contributed by atoms with Gasteiger partial charge < -0.3 is 9.97 Å². The first-order chi connectivity index (χ1) is 8.41. The van der Waals surface area contributed by atoms with Crippen LogP contribution in [0.2, 0.25) is 0 Å². The van der Waals surface area contributed by atoms with Crippen molar-refractivity contribution in [2.24, 2.45) is 0 Å². The Bertz CT molecular complexity index is 732. The number of imidazole rings is 1. The summed E-state index contributed by atoms with van der Waals surface area (Å²) in [7, 11) is -3.35. The van der Waals surface area contributed by atoms with Gasteiger partial charge in [0.25, 0.3) is 0 Å². The van der Waals surface area contributed by atoms with Gasteiger partial charge in [0.05, 0.1) is 22.5 Å². The summed E-state index contributed by atoms with van der Waals surface area (Å²) in [6.07, 6.45) is 0.538. The Hall–Kier alpha value is -1.28. The summed E-state index contributed by atoms with van der Waals surface area (Å²) in [5, 5.41) is 0. The summed E-state index contributed by atoms with van der Waals surface area (Å²) >= 11 is 3.27. The van der Waals surface area contributed by atoms with E-state index in [4.69, 9.17) is 0 Å². The molecule has 0 radical (unpaired) electrons. The van der Waals surface area contributed by atoms with Crippen LogP contribution in [0.15, 0.2) is 21.4 Å². The van der Waals surface area contributed by atoms with E-state index in [2.05, 4.69) is 30.6 Å². The highest BCUT2D eigenvalue weighted by Gasteiger charge is 2.12. The molecule has 1 aromatic heterocycles. The van der Waals surface area contributed by atoms with Crippen LogP contribution in [0.5, 0.6) is 0 Å². The van der Waals surface area contributed by atoms with Crippen molar-refractivity contribution in [3.63, 3.8) is 0 Å². The van der Waals surface area contributed by atoms with Gasteiger partial charge in [0.1, 0.15) is 0 Å². The summed E-state index contributed by atoms with van der Waals surface area (Å²) in [5.41, 5.74) is 1.25. The molecule has 1 aromatic carbocycles. The van der Waals surface area contributed by atoms with Crippen LogP contribution in [0.3, 0.4) is 0 Å². The standard InChI is InChI=1S/C10H12BrN3O3S/c1-2-3-18(16,17)14-7-5-9-8(4-6(7)11)12-10(15)13-9/h4-5,14H,2-3H2,1H3,(H2,12,13,15). The summed E-state index contributed by atoms with van der Waals surface area (Å²) < 4.78 is 26.4. The van der Waals surface area contributed by atoms with Crippen molar-refractivity contribution in [2.45, 2.75) is 13.3 Å². The number of aromatic nitrogens is 2. The molecule has 18 heavy (non-hydrogen) atoms. The molecule has 0 unspecified atom stereocenters. The number of hydrogen-bond acceptors (Lipinski definition) is 3. The Morgan fingerprint density at radius 2 is 1.89 bits per heavy atom. The van der Waals surface area contributed by atoms with Crippen LogP contribution in [0.1, 0.15) is 13.3 Å². The zero-order chi connectivity index (χ0) is 13.3. The smallest absolute Gasteiger partial charge is 0.306 e. The maximum atomic E-state index is 11.7. The molecular weight excluding hydrogens is 322 g/mol. The summed E-state index contributed by atoms with van der Waals surface area (Å²) in [4.78, 5) is 16.3. The fourth-order valence-electron chi connectivity index (χ4n) is 1.62. The van der Waals surface area contributed by atoms with Crippen molar-refractivity contribution < 1.29 is 8.42 Å². The van der Waals surface area contributed by atoms with Gasteiger partial charge in [-0.3, -0.25) is 4.72 Å². The highest BCUT2D eigenvalue weighted by molar-refractivity contribution is 9.10. The molecular formula is C10H12BrN3O3S. The van der Waals surface area contributed by atoms with Crippen molar-refractivity contribution in [1.29, 1.82) is 0 Å². The Morgan fingerprint density at radius 3 is 2.50 bits per heavy atom. The fourth-order valence-corrected chi connectivity index (χ4v) is 3.34. The third-order valence-corrected chi connectivity index (χ3v) is 4.47. The van der Waals surface area contributed by atoms with Crippen LogP contribution >= 0.6 is 15.9 Å². The van der Waals surface area contributed by atoms with Crippen molar-refractivity contribution in [2.75, 3.05) is 10.5 Å². The van der Waals surface area contributed by atoms with Crippen molar-refractivity contribution in [3.8, 4) is 0 Å². The van der Waals surface area contributed by atoms with Crippen molar-refractivity contribution in [1.82, 2.24) is 9.97 Å². The van der Waals surface area contributed by atoms with Gasteiger partial charge in [0.15, 0.2) is 0 Å². The highest BCUT2D eigenvalue weighted by atomic mass is 79.9. The summed E-state index contributed by atoms with van der Waals surface area (Å²) in [6.45, 7) is 1.79. The zero-order valence-corrected chi connectivity index (χ0v) is 12.0. The van der Waals surface area contributed by atoms with Crippen molar-refractivity contribution in [3.05, 3.63) is 27.1 Å². The van der Waals surface area contributed by atoms with Crippen LogP contribution < -0.4 is 10.4 Å². The molecule has 2 rings (SSSR count). The second-order valence-corrected chi connectivity index (χ2v) is 6.57. The van der Waals surface area contributed by atoms with E-state index in [0.29, 0.717) is 27.6 Å². The monoisotopic (exact) mass is 333 g/mol. The third kappa shape index (κ3) is 2.75. The molecule has 2 aromatic rings. The second kappa shape index (κ2) is 4.77. The first-order valence-electron chi connectivity index (χ1n) is 5.33. The molecule has 0 atom stereocenters. The number of H-pyrrole nitrogens is 2. The largest absolute Gasteiger partial charge is 0.323 e. The average Bonchev–Trinajstić information content (AvgIpc) is 2.57. The molecule has 0 amide bonds. The van der Waals surface area contributed by atoms with Crippen LogP contribution in [0.4, 0.5) is 5.69 Å². The molecule has 98 valence electrons. The van der Waals surface area contributed by atoms with E-state index in [1.807, 2.05) is 0 Å². The topological polar surface area (TPSA) is 94.8 Å². The van der Waals surface area contributed by atoms with Gasteiger partial charge in [-0.05, 0) is 34.5 Å². The lowest BCUT2D eigenvalue weighted by Gasteiger charge is -2.08. The minimum absolute atomic E-state index is 0.0567. The number of nitrogens with one attached hydrogen (secondary N) is 3. The van der Waals surface area contributed by atoms with Gasteiger partial charge in [-0.1, -0.05) is 6.92 Å². The molecule has 0 spiro atoms. The number of hydrogen-bond donors (Lipinski definition) is 3. The summed E-state index contributed by atoms with van der Waals surface area (Å²) in [5.74, 6) is 0.0567. The third-order valence-electron chi connectivity index (χ3n) is 2.34. The lowest BCUT2D eigenvalue weighted by Crippen LogP contribution is -2.16. The molecule has 0 bridgehead atoms. The van der Waals surface area contributed by atoms with E-state index in [9.17, 15) is 13.2 Å². The molecule has 1 heterocycles. The summed E-state index contributed by atoms with van der Waals surface area (Å²) in [6, 6.07) is 3.22. The van der Waals surface area contributed by atoms with E-state index in [0.717, 1.165) is 0 Å². The van der Waals surface area contributed by atoms with Gasteiger partial charge in [0.2, 0.25) is 10.0 Å². The van der Waals surface area contributed by atoms with E-state index in [-0.39, 0.29) is 11.4 Å². The van der Waals surface area contributed by atoms with Gasteiger partial charge in [-0.2, -0.15) is 0 Å². The van der Waals surface area contributed by atoms with Crippen LogP contribution in [-0.2, 0) is 10.0 Å². The van der Waals surface area contributed by atoms with E-state index >= 15 is 0 Å². The van der Waals surface area contributed by atoms with Gasteiger partial charge >= 0.3 is 5.69 Å². The highest BCUT2D eigenvalue weighted by Crippen LogP contribution is 2.27. The van der Waals surface area contributed by atoms with E-state index < -0.39 is 10.0 Å². The maximum absolute atomic E-state index is 11.7. The second-order valence-electron chi connectivity index (χ2n) is 3.88. The molecule has 0 aliphatic heterocycles. The normalized spacial score (nSPS) is 11.9. The first kappa shape index (κ1) is 13.2. The maximum Gasteiger partial charge on any atom is 0.323 e. The number of rotatable bonds is 4. The van der Waals surface area contributed by atoms with Gasteiger partial charge in [0, 0.05) is 4.47 Å². The Kier molecular flexibility index (Phi) is 3.49. The minimum atomic E-state index is -3.35. The molecule has 0 fully saturated rings. The Balaban J connectivity index is 2.45. The number of fused-ring (bicyclic) bond motifs is 1. The molecule has 0 saturated carbocycles. The SMILES string of the molecule is CCCS(=O)(=O)Nc1cc2[nH]c(=O)[nH]c2cc1Br. The van der Waals surface area contributed by atoms with Crippen molar-refractivity contribution >= 4 is 42.7 Å². The number of anilines is 1. The van der Waals surface area contributed by atoms with Gasteiger partial charge in [-0.15, -0.1) is 0 Å². The lowest BCUT2D eigenvalue weighted by molar-refractivity contribution is 0.600. The van der Waals surface area contributed by atoms with Crippen LogP contribution in [0, 0.1) is 0 Å². The number of benzene rings is 1. The quantitative estimate of drug-likeness (QED) is 0.795. The minimum Gasteiger partial charge on any atom is -0.306 e. The Morgan fingerprint density at radius 1 is 1.28 bits per heavy atom. The molecule has 6 nitrogen and oxygen atoms in total. The van der Waals surface area contributed by atoms with Crippen LogP contribution in [-0.4, -0.2) is 24.1 Å². The molecule has 0 aliphatic rings. The Labute approximate surface area is 112 Å². The predicted molar refractivity (Wildman–Crippen MR) is 74.3 cm³/mol. The lowest BCUT2D eigenvalue weighted by atomic mass is 10.3. The number of sulfonamides is 1. The predicted octanol–water partition coefficient (Wildman–Crippen LogP) is 1.77. The molecule has 0 aliphatic carbocycles. The van der Waals surface area contributed by atoms with E-state index in [1.54, 1.807) is 19.1 Å². The number of halogens is 1. The average molecular weight is 334 g/mol. The first-order valence-corrected chi connectivity index (χ1v) is 7.78. The fraction of sp³-hybridized carbons (Fsp3) is 0.300. The van der Waals surface area contributed by atoms with Crippen LogP contribution in [0.25, 0.3) is 11.0 Å². The molecule has 8 heteroatoms.